The van der Waals surface area contributed by atoms with Gasteiger partial charge >= 0.3 is 12.3 Å². The van der Waals surface area contributed by atoms with Crippen LogP contribution in [0.3, 0.4) is 0 Å². The van der Waals surface area contributed by atoms with E-state index in [4.69, 9.17) is 15.2 Å². The third-order valence-electron chi connectivity index (χ3n) is 7.20. The number of nitrogen functional groups attached to an aromatic ring is 1. The number of hydrogen-bond donors (Lipinski definition) is 2. The normalized spacial score (nSPS) is 20.1. The largest absolute Gasteiger partial charge is 0.493 e. The van der Waals surface area contributed by atoms with Crippen molar-refractivity contribution in [2.45, 2.75) is 44.6 Å². The van der Waals surface area contributed by atoms with E-state index >= 15 is 0 Å². The van der Waals surface area contributed by atoms with Crippen LogP contribution in [0.25, 0.3) is 10.9 Å². The zero-order valence-electron chi connectivity index (χ0n) is 21.5. The Bertz CT molecular complexity index is 1400. The van der Waals surface area contributed by atoms with Crippen molar-refractivity contribution in [1.82, 2.24) is 19.8 Å². The van der Waals surface area contributed by atoms with Crippen LogP contribution >= 0.6 is 0 Å². The minimum atomic E-state index is -4.53. The number of nitrogens with zero attached hydrogens (tertiary/aromatic N) is 4. The lowest BCUT2D eigenvalue weighted by atomic mass is 10.0. The number of alkyl halides is 3. The zero-order chi connectivity index (χ0) is 27.4. The molecule has 3 heterocycles. The van der Waals surface area contributed by atoms with E-state index in [0.29, 0.717) is 46.4 Å². The maximum atomic E-state index is 13.3. The number of amides is 1. The number of aryl methyl sites for hydroxylation is 1. The number of likely N-dealkylation sites (N-methyl/N-ethyl adjacent to an activating group) is 1. The predicted molar refractivity (Wildman–Crippen MR) is 136 cm³/mol. The average molecular weight is 531 g/mol. The fourth-order valence-electron chi connectivity index (χ4n) is 5.22. The molecule has 3 N–H and O–H groups in total. The van der Waals surface area contributed by atoms with Gasteiger partial charge in [-0.05, 0) is 57.1 Å². The summed E-state index contributed by atoms with van der Waals surface area (Å²) in [6.07, 6.45) is -4.07. The van der Waals surface area contributed by atoms with Crippen molar-refractivity contribution in [3.63, 3.8) is 0 Å². The number of aromatic nitrogens is 2. The molecule has 1 aromatic heterocycles. The Labute approximate surface area is 217 Å². The van der Waals surface area contributed by atoms with Gasteiger partial charge in [-0.1, -0.05) is 0 Å². The second kappa shape index (κ2) is 9.50. The van der Waals surface area contributed by atoms with Crippen LogP contribution in [0.15, 0.2) is 30.3 Å². The fourth-order valence-corrected chi connectivity index (χ4v) is 5.22. The van der Waals surface area contributed by atoms with Gasteiger partial charge in [0.1, 0.15) is 11.6 Å². The highest BCUT2D eigenvalue weighted by molar-refractivity contribution is 5.92. The van der Waals surface area contributed by atoms with E-state index in [1.165, 1.54) is 13.2 Å². The maximum Gasteiger partial charge on any atom is 0.416 e. The van der Waals surface area contributed by atoms with Gasteiger partial charge in [0, 0.05) is 42.3 Å². The summed E-state index contributed by atoms with van der Waals surface area (Å²) in [7, 11) is 3.52. The van der Waals surface area contributed by atoms with E-state index in [2.05, 4.69) is 20.2 Å². The van der Waals surface area contributed by atoms with Crippen molar-refractivity contribution in [3.05, 3.63) is 47.3 Å². The van der Waals surface area contributed by atoms with E-state index in [1.54, 1.807) is 30.9 Å². The van der Waals surface area contributed by atoms with E-state index in [9.17, 15) is 18.0 Å². The molecule has 0 spiro atoms. The second-order valence-electron chi connectivity index (χ2n) is 9.90. The Hall–Kier alpha value is -3.80. The standard InChI is InChI=1S/C26H29F3N6O3/c1-13(15-5-16(26(27,28)29)7-17(30)6-15)31-24-20-9-23(22(37-4)10-21(20)32-14(2)33-24)38-25(36)35-12-18-8-19(35)11-34(18)3/h5-7,9-10,13,18-19H,8,11-12,30H2,1-4H3,(H,31,32,33)/t13-,18?,19?/m1/s1. The van der Waals surface area contributed by atoms with Gasteiger partial charge in [-0.15, -0.1) is 0 Å². The number of nitrogens with one attached hydrogen (secondary N) is 1. The molecule has 5 rings (SSSR count). The van der Waals surface area contributed by atoms with Crippen molar-refractivity contribution in [2.24, 2.45) is 0 Å². The molecule has 2 fully saturated rings. The average Bonchev–Trinajstić information content (AvgIpc) is 3.42. The summed E-state index contributed by atoms with van der Waals surface area (Å²) >= 11 is 0. The molecule has 202 valence electrons. The van der Waals surface area contributed by atoms with Crippen molar-refractivity contribution < 1.29 is 27.4 Å². The highest BCUT2D eigenvalue weighted by Crippen LogP contribution is 2.38. The molecule has 9 nitrogen and oxygen atoms in total. The molecule has 0 saturated carbocycles. The zero-order valence-corrected chi connectivity index (χ0v) is 21.5. The molecule has 3 atom stereocenters. The summed E-state index contributed by atoms with van der Waals surface area (Å²) in [4.78, 5) is 26.0. The van der Waals surface area contributed by atoms with Crippen molar-refractivity contribution in [2.75, 3.05) is 38.3 Å². The first kappa shape index (κ1) is 25.8. The number of carbonyl (C=O) groups excluding carboxylic acids is 1. The van der Waals surface area contributed by atoms with Crippen LogP contribution in [0.4, 0.5) is 29.5 Å². The fraction of sp³-hybridized carbons (Fsp3) is 0.423. The number of hydrogen-bond acceptors (Lipinski definition) is 8. The summed E-state index contributed by atoms with van der Waals surface area (Å²) in [5, 5.41) is 3.70. The molecular formula is C26H29F3N6O3. The molecule has 1 amide bonds. The van der Waals surface area contributed by atoms with Crippen molar-refractivity contribution in [3.8, 4) is 11.5 Å². The number of piperazine rings is 1. The van der Waals surface area contributed by atoms with Gasteiger partial charge in [0.15, 0.2) is 11.5 Å². The summed E-state index contributed by atoms with van der Waals surface area (Å²) in [6.45, 7) is 4.82. The Morgan fingerprint density at radius 3 is 2.53 bits per heavy atom. The molecule has 12 heteroatoms. The van der Waals surface area contributed by atoms with Crippen molar-refractivity contribution in [1.29, 1.82) is 0 Å². The summed E-state index contributed by atoms with van der Waals surface area (Å²) in [6, 6.07) is 6.55. The lowest BCUT2D eigenvalue weighted by Gasteiger charge is -2.31. The summed E-state index contributed by atoms with van der Waals surface area (Å²) in [5.41, 5.74) is 5.80. The monoisotopic (exact) mass is 530 g/mol. The third kappa shape index (κ3) is 4.87. The Balaban J connectivity index is 1.46. The van der Waals surface area contributed by atoms with Crippen LogP contribution in [0.5, 0.6) is 11.5 Å². The lowest BCUT2D eigenvalue weighted by molar-refractivity contribution is -0.137. The Morgan fingerprint density at radius 1 is 1.13 bits per heavy atom. The SMILES string of the molecule is COc1cc2nc(C)nc(N[C@H](C)c3cc(N)cc(C(F)(F)F)c3)c2cc1OC(=O)N1CC2CC1CN2C. The highest BCUT2D eigenvalue weighted by Gasteiger charge is 2.44. The molecule has 2 saturated heterocycles. The van der Waals surface area contributed by atoms with E-state index in [-0.39, 0.29) is 17.5 Å². The van der Waals surface area contributed by atoms with Gasteiger partial charge in [-0.3, -0.25) is 4.90 Å². The Morgan fingerprint density at radius 2 is 1.89 bits per heavy atom. The quantitative estimate of drug-likeness (QED) is 0.461. The van der Waals surface area contributed by atoms with Gasteiger partial charge in [-0.25, -0.2) is 14.8 Å². The molecule has 2 aromatic carbocycles. The molecule has 2 unspecified atom stereocenters. The molecule has 3 aromatic rings. The number of nitrogens with two attached hydrogens (primary N) is 1. The number of ether oxygens (including phenoxy) is 2. The molecule has 38 heavy (non-hydrogen) atoms. The number of benzene rings is 2. The summed E-state index contributed by atoms with van der Waals surface area (Å²) in [5.74, 6) is 1.35. The molecule has 0 radical (unpaired) electrons. The molecule has 2 aliphatic heterocycles. The first-order valence-electron chi connectivity index (χ1n) is 12.2. The van der Waals surface area contributed by atoms with Crippen LogP contribution in [0.2, 0.25) is 0 Å². The van der Waals surface area contributed by atoms with Gasteiger partial charge < -0.3 is 25.4 Å². The minimum absolute atomic E-state index is 0.00736. The number of methoxy groups -OCH3 is 1. The van der Waals surface area contributed by atoms with Crippen LogP contribution in [-0.2, 0) is 6.18 Å². The van der Waals surface area contributed by atoms with Crippen molar-refractivity contribution >= 4 is 28.5 Å². The Kier molecular flexibility index (Phi) is 6.46. The predicted octanol–water partition coefficient (Wildman–Crippen LogP) is 4.61. The summed E-state index contributed by atoms with van der Waals surface area (Å²) < 4.78 is 51.3. The first-order chi connectivity index (χ1) is 17.9. The molecule has 0 aliphatic carbocycles. The number of halogens is 3. The van der Waals surface area contributed by atoms with Crippen LogP contribution < -0.4 is 20.5 Å². The van der Waals surface area contributed by atoms with E-state index in [1.807, 2.05) is 7.05 Å². The van der Waals surface area contributed by atoms with Crippen LogP contribution in [0.1, 0.15) is 36.3 Å². The number of fused-ring (bicyclic) bond motifs is 3. The molecular weight excluding hydrogens is 501 g/mol. The first-order valence-corrected chi connectivity index (χ1v) is 12.2. The molecule has 2 aliphatic rings. The van der Waals surface area contributed by atoms with Gasteiger partial charge in [-0.2, -0.15) is 13.2 Å². The maximum absolute atomic E-state index is 13.3. The lowest BCUT2D eigenvalue weighted by Crippen LogP contribution is -2.48. The number of anilines is 2. The van der Waals surface area contributed by atoms with Gasteiger partial charge in [0.05, 0.1) is 24.2 Å². The van der Waals surface area contributed by atoms with Crippen LogP contribution in [-0.4, -0.2) is 65.2 Å². The second-order valence-corrected chi connectivity index (χ2v) is 9.90. The van der Waals surface area contributed by atoms with Crippen LogP contribution in [0, 0.1) is 6.92 Å². The number of rotatable bonds is 5. The number of likely N-dealkylation sites (tertiary alicyclic amines) is 2. The van der Waals surface area contributed by atoms with Gasteiger partial charge in [0.2, 0.25) is 0 Å². The van der Waals surface area contributed by atoms with Gasteiger partial charge in [0.25, 0.3) is 0 Å². The number of carbonyl (C=O) groups is 1. The molecule has 2 bridgehead atoms. The minimum Gasteiger partial charge on any atom is -0.493 e. The van der Waals surface area contributed by atoms with E-state index < -0.39 is 23.9 Å². The highest BCUT2D eigenvalue weighted by atomic mass is 19.4. The third-order valence-corrected chi connectivity index (χ3v) is 7.20. The smallest absolute Gasteiger partial charge is 0.416 e. The van der Waals surface area contributed by atoms with E-state index in [0.717, 1.165) is 25.1 Å². The topological polar surface area (TPSA) is 106 Å².